The first-order chi connectivity index (χ1) is 17.2. The van der Waals surface area contributed by atoms with Gasteiger partial charge in [0.05, 0.1) is 10.6 Å². The maximum absolute atomic E-state index is 13.8. The lowest BCUT2D eigenvalue weighted by atomic mass is 9.87. The topological polar surface area (TPSA) is 82.3 Å². The lowest BCUT2D eigenvalue weighted by molar-refractivity contribution is -0.122. The van der Waals surface area contributed by atoms with Crippen molar-refractivity contribution in [2.75, 3.05) is 10.8 Å². The number of hydrogen-bond donors (Lipinski definition) is 2. The van der Waals surface area contributed by atoms with Crippen molar-refractivity contribution in [1.82, 2.24) is 10.3 Å². The number of nitrogens with zero attached hydrogens (tertiary/aromatic N) is 1. The first-order valence-corrected chi connectivity index (χ1v) is 13.7. The molecule has 7 heteroatoms. The highest BCUT2D eigenvalue weighted by molar-refractivity contribution is 7.93. The van der Waals surface area contributed by atoms with Crippen molar-refractivity contribution in [2.24, 2.45) is 0 Å². The molecule has 186 valence electrons. The number of H-pyrrole nitrogens is 1. The van der Waals surface area contributed by atoms with E-state index in [4.69, 9.17) is 0 Å². The Labute approximate surface area is 212 Å². The number of aromatic amines is 1. The molecule has 0 radical (unpaired) electrons. The largest absolute Gasteiger partial charge is 0.361 e. The zero-order valence-electron chi connectivity index (χ0n) is 20.8. The fourth-order valence-electron chi connectivity index (χ4n) is 4.87. The summed E-state index contributed by atoms with van der Waals surface area (Å²) >= 11 is 0. The summed E-state index contributed by atoms with van der Waals surface area (Å²) < 4.78 is 28.9. The SMILES string of the molecule is CC(C)(C)c1ccc(S(=O)(=O)N2c3ccccc3C[C@H]2C(=O)NCCc2c[nH]c3ccccc23)cc1. The molecule has 2 N–H and O–H groups in total. The van der Waals surface area contributed by atoms with Crippen molar-refractivity contribution in [1.29, 1.82) is 0 Å². The van der Waals surface area contributed by atoms with Crippen LogP contribution in [0.15, 0.2) is 83.9 Å². The molecular weight excluding hydrogens is 470 g/mol. The van der Waals surface area contributed by atoms with Crippen LogP contribution in [-0.2, 0) is 33.1 Å². The van der Waals surface area contributed by atoms with Gasteiger partial charge in [0.25, 0.3) is 10.0 Å². The maximum atomic E-state index is 13.8. The van der Waals surface area contributed by atoms with Crippen LogP contribution in [0.5, 0.6) is 0 Å². The third kappa shape index (κ3) is 4.39. The van der Waals surface area contributed by atoms with E-state index in [1.165, 1.54) is 4.31 Å². The number of carbonyl (C=O) groups excluding carboxylic acids is 1. The Bertz CT molecular complexity index is 1520. The number of benzene rings is 3. The molecule has 1 aliphatic heterocycles. The van der Waals surface area contributed by atoms with Crippen LogP contribution < -0.4 is 9.62 Å². The number of anilines is 1. The van der Waals surface area contributed by atoms with Gasteiger partial charge in [-0.3, -0.25) is 9.10 Å². The van der Waals surface area contributed by atoms with Gasteiger partial charge in [0.2, 0.25) is 5.91 Å². The smallest absolute Gasteiger partial charge is 0.265 e. The van der Waals surface area contributed by atoms with Gasteiger partial charge in [-0.1, -0.05) is 69.3 Å². The van der Waals surface area contributed by atoms with Crippen LogP contribution in [0.4, 0.5) is 5.69 Å². The molecule has 0 fully saturated rings. The Morgan fingerprint density at radius 1 is 1.00 bits per heavy atom. The van der Waals surface area contributed by atoms with Gasteiger partial charge < -0.3 is 10.3 Å². The summed E-state index contributed by atoms with van der Waals surface area (Å²) in [4.78, 5) is 16.8. The molecule has 0 aliphatic carbocycles. The van der Waals surface area contributed by atoms with E-state index in [1.54, 1.807) is 24.3 Å². The van der Waals surface area contributed by atoms with E-state index in [9.17, 15) is 13.2 Å². The van der Waals surface area contributed by atoms with Crippen LogP contribution in [0, 0.1) is 0 Å². The molecule has 6 nitrogen and oxygen atoms in total. The van der Waals surface area contributed by atoms with E-state index in [1.807, 2.05) is 48.7 Å². The summed E-state index contributed by atoms with van der Waals surface area (Å²) in [6, 6.07) is 21.5. The fraction of sp³-hybridized carbons (Fsp3) is 0.276. The predicted octanol–water partition coefficient (Wildman–Crippen LogP) is 4.94. The zero-order chi connectivity index (χ0) is 25.5. The van der Waals surface area contributed by atoms with E-state index in [0.29, 0.717) is 25.1 Å². The summed E-state index contributed by atoms with van der Waals surface area (Å²) in [5.41, 5.74) is 4.55. The number of nitrogens with one attached hydrogen (secondary N) is 2. The normalized spacial score (nSPS) is 15.8. The van der Waals surface area contributed by atoms with E-state index in [-0.39, 0.29) is 16.2 Å². The first kappa shape index (κ1) is 24.1. The average Bonchev–Trinajstić information content (AvgIpc) is 3.46. The molecular formula is C29H31N3O3S. The molecule has 4 aromatic rings. The summed E-state index contributed by atoms with van der Waals surface area (Å²) in [7, 11) is -3.94. The van der Waals surface area contributed by atoms with Gasteiger partial charge in [0, 0.05) is 30.1 Å². The number of para-hydroxylation sites is 2. The lowest BCUT2D eigenvalue weighted by Gasteiger charge is -2.27. The summed E-state index contributed by atoms with van der Waals surface area (Å²) in [6.07, 6.45) is 2.95. The number of aromatic nitrogens is 1. The van der Waals surface area contributed by atoms with Crippen LogP contribution in [0.3, 0.4) is 0 Å². The van der Waals surface area contributed by atoms with Crippen molar-refractivity contribution in [2.45, 2.75) is 50.0 Å². The zero-order valence-corrected chi connectivity index (χ0v) is 21.6. The van der Waals surface area contributed by atoms with Gasteiger partial charge in [-0.2, -0.15) is 0 Å². The highest BCUT2D eigenvalue weighted by atomic mass is 32.2. The minimum Gasteiger partial charge on any atom is -0.361 e. The van der Waals surface area contributed by atoms with E-state index in [0.717, 1.165) is 27.6 Å². The summed E-state index contributed by atoms with van der Waals surface area (Å²) in [5, 5.41) is 4.11. The number of fused-ring (bicyclic) bond motifs is 2. The Balaban J connectivity index is 1.38. The molecule has 0 saturated heterocycles. The lowest BCUT2D eigenvalue weighted by Crippen LogP contribution is -2.48. The van der Waals surface area contributed by atoms with Crippen molar-refractivity contribution < 1.29 is 13.2 Å². The summed E-state index contributed by atoms with van der Waals surface area (Å²) in [5.74, 6) is -0.291. The second-order valence-corrected chi connectivity index (χ2v) is 12.1. The average molecular weight is 502 g/mol. The van der Waals surface area contributed by atoms with E-state index in [2.05, 4.69) is 37.1 Å². The third-order valence-electron chi connectivity index (χ3n) is 6.87. The maximum Gasteiger partial charge on any atom is 0.265 e. The number of rotatable bonds is 6. The molecule has 0 saturated carbocycles. The molecule has 1 atom stereocenters. The predicted molar refractivity (Wildman–Crippen MR) is 144 cm³/mol. The Kier molecular flexibility index (Phi) is 6.12. The molecule has 0 unspecified atom stereocenters. The Hall–Kier alpha value is -3.58. The molecule has 0 spiro atoms. The molecule has 5 rings (SSSR count). The third-order valence-corrected chi connectivity index (χ3v) is 8.71. The second-order valence-electron chi connectivity index (χ2n) is 10.3. The minimum atomic E-state index is -3.94. The van der Waals surface area contributed by atoms with Gasteiger partial charge in [0.1, 0.15) is 6.04 Å². The van der Waals surface area contributed by atoms with Gasteiger partial charge in [0.15, 0.2) is 0 Å². The highest BCUT2D eigenvalue weighted by Crippen LogP contribution is 2.37. The van der Waals surface area contributed by atoms with Gasteiger partial charge in [-0.05, 0) is 52.8 Å². The number of sulfonamides is 1. The standard InChI is InChI=1S/C29H31N3O3S/c1-29(2,3)22-12-14-23(15-13-22)36(34,35)32-26-11-7-4-8-20(26)18-27(32)28(33)30-17-16-21-19-31-25-10-6-5-9-24(21)25/h4-15,19,27,31H,16-18H2,1-3H3,(H,30,33)/t27-/m0/s1. The molecule has 1 aromatic heterocycles. The van der Waals surface area contributed by atoms with Crippen LogP contribution in [0.1, 0.15) is 37.5 Å². The Morgan fingerprint density at radius 3 is 2.44 bits per heavy atom. The monoisotopic (exact) mass is 501 g/mol. The fourth-order valence-corrected chi connectivity index (χ4v) is 6.52. The Morgan fingerprint density at radius 2 is 1.69 bits per heavy atom. The van der Waals surface area contributed by atoms with Gasteiger partial charge in [-0.15, -0.1) is 0 Å². The van der Waals surface area contributed by atoms with E-state index >= 15 is 0 Å². The van der Waals surface area contributed by atoms with Crippen LogP contribution in [0.2, 0.25) is 0 Å². The van der Waals surface area contributed by atoms with Crippen LogP contribution >= 0.6 is 0 Å². The highest BCUT2D eigenvalue weighted by Gasteiger charge is 2.42. The molecule has 1 aliphatic rings. The number of carbonyl (C=O) groups is 1. The number of amides is 1. The van der Waals surface area contributed by atoms with Crippen molar-refractivity contribution in [3.05, 3.63) is 95.7 Å². The van der Waals surface area contributed by atoms with Crippen molar-refractivity contribution in [3.8, 4) is 0 Å². The van der Waals surface area contributed by atoms with Crippen LogP contribution in [0.25, 0.3) is 10.9 Å². The molecule has 0 bridgehead atoms. The van der Waals surface area contributed by atoms with E-state index < -0.39 is 16.1 Å². The van der Waals surface area contributed by atoms with Gasteiger partial charge in [-0.25, -0.2) is 8.42 Å². The quantitative estimate of drug-likeness (QED) is 0.392. The molecule has 36 heavy (non-hydrogen) atoms. The van der Waals surface area contributed by atoms with Crippen molar-refractivity contribution in [3.63, 3.8) is 0 Å². The summed E-state index contributed by atoms with van der Waals surface area (Å²) in [6.45, 7) is 6.68. The number of hydrogen-bond acceptors (Lipinski definition) is 3. The van der Waals surface area contributed by atoms with Crippen LogP contribution in [-0.4, -0.2) is 31.9 Å². The molecule has 3 aromatic carbocycles. The molecule has 2 heterocycles. The van der Waals surface area contributed by atoms with Crippen molar-refractivity contribution >= 4 is 32.5 Å². The minimum absolute atomic E-state index is 0.0876. The van der Waals surface area contributed by atoms with Gasteiger partial charge >= 0.3 is 0 Å². The first-order valence-electron chi connectivity index (χ1n) is 12.2. The second kappa shape index (κ2) is 9.13. The molecule has 1 amide bonds.